The number of aryl methyl sites for hydroxylation is 1. The van der Waals surface area contributed by atoms with Gasteiger partial charge in [-0.25, -0.2) is 0 Å². The van der Waals surface area contributed by atoms with Crippen LogP contribution in [-0.2, 0) is 9.53 Å². The van der Waals surface area contributed by atoms with Gasteiger partial charge in [-0.2, -0.15) is 0 Å². The highest BCUT2D eigenvalue weighted by molar-refractivity contribution is 6.15. The number of hydrogen-bond donors (Lipinski definition) is 3. The second-order valence-electron chi connectivity index (χ2n) is 6.36. The van der Waals surface area contributed by atoms with Gasteiger partial charge < -0.3 is 15.8 Å². The van der Waals surface area contributed by atoms with E-state index in [1.807, 2.05) is 57.2 Å². The summed E-state index contributed by atoms with van der Waals surface area (Å²) in [6, 6.07) is 5.64. The molecule has 138 valence electrons. The third-order valence-electron chi connectivity index (χ3n) is 4.30. The van der Waals surface area contributed by atoms with Gasteiger partial charge in [-0.15, -0.1) is 0 Å². The van der Waals surface area contributed by atoms with Gasteiger partial charge in [-0.1, -0.05) is 23.8 Å². The maximum atomic E-state index is 12.4. The molecule has 5 heteroatoms. The molecule has 1 aromatic rings. The number of nitrogens with two attached hydrogens (primary N) is 1. The lowest BCUT2D eigenvalue weighted by Gasteiger charge is -2.13. The average molecular weight is 353 g/mol. The predicted octanol–water partition coefficient (Wildman–Crippen LogP) is 3.50. The van der Waals surface area contributed by atoms with Gasteiger partial charge in [0.05, 0.1) is 18.2 Å². The van der Waals surface area contributed by atoms with Gasteiger partial charge in [-0.3, -0.25) is 10.2 Å². The molecule has 1 amide bonds. The molecule has 4 N–H and O–H groups in total. The molecule has 0 aromatic heterocycles. The molecule has 1 saturated heterocycles. The van der Waals surface area contributed by atoms with Gasteiger partial charge >= 0.3 is 0 Å². The Bertz CT molecular complexity index is 769. The van der Waals surface area contributed by atoms with Crippen LogP contribution >= 0.6 is 0 Å². The molecule has 26 heavy (non-hydrogen) atoms. The van der Waals surface area contributed by atoms with Crippen LogP contribution in [0.5, 0.6) is 0 Å². The van der Waals surface area contributed by atoms with Crippen LogP contribution in [0.15, 0.2) is 53.8 Å². The number of nitrogens with one attached hydrogen (secondary N) is 2. The van der Waals surface area contributed by atoms with E-state index in [1.165, 1.54) is 0 Å². The number of carbonyl (C=O) groups is 1. The molecular weight excluding hydrogens is 326 g/mol. The molecule has 1 fully saturated rings. The second kappa shape index (κ2) is 9.15. The molecule has 1 aliphatic rings. The standard InChI is InChI=1S/C21H27N3O2/c1-4-6-17(24-21(25)16-9-10-26-13-16)12-15(5-2)20(23)18-11-14(3)7-8-19(18)22/h4-8,11-12,16,23H,9-10,13,22H2,1-3H3,(H,24,25)/b6-4-,15-5+,17-12+,23-20?. The zero-order valence-corrected chi connectivity index (χ0v) is 15.6. The van der Waals surface area contributed by atoms with E-state index < -0.39 is 0 Å². The third-order valence-corrected chi connectivity index (χ3v) is 4.30. The molecule has 1 aliphatic heterocycles. The first kappa shape index (κ1) is 19.7. The number of benzene rings is 1. The third kappa shape index (κ3) is 4.92. The fourth-order valence-electron chi connectivity index (χ4n) is 2.80. The number of carbonyl (C=O) groups excluding carboxylic acids is 1. The van der Waals surface area contributed by atoms with Gasteiger partial charge in [0.2, 0.25) is 5.91 Å². The minimum absolute atomic E-state index is 0.0519. The van der Waals surface area contributed by atoms with Crippen LogP contribution < -0.4 is 11.1 Å². The van der Waals surface area contributed by atoms with E-state index in [1.54, 1.807) is 6.08 Å². The van der Waals surface area contributed by atoms with Crippen LogP contribution in [0.2, 0.25) is 0 Å². The number of rotatable bonds is 6. The van der Waals surface area contributed by atoms with Crippen molar-refractivity contribution < 1.29 is 9.53 Å². The van der Waals surface area contributed by atoms with E-state index in [4.69, 9.17) is 15.9 Å². The summed E-state index contributed by atoms with van der Waals surface area (Å²) < 4.78 is 5.28. The summed E-state index contributed by atoms with van der Waals surface area (Å²) >= 11 is 0. The molecule has 5 nitrogen and oxygen atoms in total. The second-order valence-corrected chi connectivity index (χ2v) is 6.36. The van der Waals surface area contributed by atoms with E-state index in [0.717, 1.165) is 12.0 Å². The highest BCUT2D eigenvalue weighted by atomic mass is 16.5. The lowest BCUT2D eigenvalue weighted by atomic mass is 9.98. The van der Waals surface area contributed by atoms with Crippen molar-refractivity contribution >= 4 is 17.3 Å². The maximum absolute atomic E-state index is 12.4. The molecular formula is C21H27N3O2. The number of ether oxygens (including phenoxy) is 1. The summed E-state index contributed by atoms with van der Waals surface area (Å²) in [7, 11) is 0. The van der Waals surface area contributed by atoms with Crippen LogP contribution in [0.4, 0.5) is 5.69 Å². The first-order valence-corrected chi connectivity index (χ1v) is 8.81. The monoisotopic (exact) mass is 353 g/mol. The first-order chi connectivity index (χ1) is 12.5. The molecule has 0 spiro atoms. The Morgan fingerprint density at radius 3 is 2.77 bits per heavy atom. The number of allylic oxidation sites excluding steroid dienone is 5. The number of anilines is 1. The summed E-state index contributed by atoms with van der Waals surface area (Å²) in [6.45, 7) is 6.81. The maximum Gasteiger partial charge on any atom is 0.229 e. The van der Waals surface area contributed by atoms with Crippen LogP contribution in [0.1, 0.15) is 31.4 Å². The van der Waals surface area contributed by atoms with Crippen LogP contribution in [0, 0.1) is 18.3 Å². The largest absolute Gasteiger partial charge is 0.398 e. The summed E-state index contributed by atoms with van der Waals surface area (Å²) in [4.78, 5) is 12.4. The fraction of sp³-hybridized carbons (Fsp3) is 0.333. The number of nitrogen functional groups attached to an aromatic ring is 1. The van der Waals surface area contributed by atoms with Crippen LogP contribution in [0.25, 0.3) is 0 Å². The van der Waals surface area contributed by atoms with Crippen molar-refractivity contribution in [2.45, 2.75) is 27.2 Å². The highest BCUT2D eigenvalue weighted by Gasteiger charge is 2.23. The minimum atomic E-state index is -0.121. The van der Waals surface area contributed by atoms with Crippen molar-refractivity contribution in [3.63, 3.8) is 0 Å². The summed E-state index contributed by atoms with van der Waals surface area (Å²) in [5.41, 5.74) is 10.0. The molecule has 2 rings (SSSR count). The molecule has 0 aliphatic carbocycles. The van der Waals surface area contributed by atoms with Crippen molar-refractivity contribution in [1.29, 1.82) is 5.41 Å². The quantitative estimate of drug-likeness (QED) is 0.415. The van der Waals surface area contributed by atoms with E-state index >= 15 is 0 Å². The van der Waals surface area contributed by atoms with Crippen molar-refractivity contribution in [2.75, 3.05) is 18.9 Å². The van der Waals surface area contributed by atoms with Gasteiger partial charge in [0, 0.05) is 23.6 Å². The first-order valence-electron chi connectivity index (χ1n) is 8.81. The van der Waals surface area contributed by atoms with Crippen LogP contribution in [-0.4, -0.2) is 24.8 Å². The van der Waals surface area contributed by atoms with Gasteiger partial charge in [0.25, 0.3) is 0 Å². The zero-order valence-electron chi connectivity index (χ0n) is 15.6. The highest BCUT2D eigenvalue weighted by Crippen LogP contribution is 2.20. The zero-order chi connectivity index (χ0) is 19.1. The van der Waals surface area contributed by atoms with E-state index in [2.05, 4.69) is 5.32 Å². The van der Waals surface area contributed by atoms with Crippen molar-refractivity contribution in [1.82, 2.24) is 5.32 Å². The molecule has 0 saturated carbocycles. The fourth-order valence-corrected chi connectivity index (χ4v) is 2.80. The van der Waals surface area contributed by atoms with Crippen molar-refractivity contribution in [3.05, 3.63) is 64.9 Å². The molecule has 0 bridgehead atoms. The van der Waals surface area contributed by atoms with Gasteiger partial charge in [-0.05, 0) is 57.0 Å². The number of hydrogen-bond acceptors (Lipinski definition) is 4. The summed E-state index contributed by atoms with van der Waals surface area (Å²) in [5.74, 6) is -0.173. The Kier molecular flexibility index (Phi) is 6.92. The van der Waals surface area contributed by atoms with Crippen molar-refractivity contribution in [2.24, 2.45) is 5.92 Å². The Balaban J connectivity index is 2.26. The van der Waals surface area contributed by atoms with Gasteiger partial charge in [0.1, 0.15) is 0 Å². The van der Waals surface area contributed by atoms with E-state index in [-0.39, 0.29) is 11.8 Å². The minimum Gasteiger partial charge on any atom is -0.398 e. The van der Waals surface area contributed by atoms with Crippen LogP contribution in [0.3, 0.4) is 0 Å². The lowest BCUT2D eigenvalue weighted by Crippen LogP contribution is -2.30. The molecule has 0 radical (unpaired) electrons. The molecule has 1 atom stereocenters. The topological polar surface area (TPSA) is 88.2 Å². The Hall–Kier alpha value is -2.66. The molecule has 1 aromatic carbocycles. The predicted molar refractivity (Wildman–Crippen MR) is 106 cm³/mol. The average Bonchev–Trinajstić information content (AvgIpc) is 3.16. The molecule has 1 heterocycles. The Labute approximate surface area is 155 Å². The number of amides is 1. The van der Waals surface area contributed by atoms with E-state index in [0.29, 0.717) is 41.4 Å². The summed E-state index contributed by atoms with van der Waals surface area (Å²) in [5, 5.41) is 11.5. The smallest absolute Gasteiger partial charge is 0.229 e. The Morgan fingerprint density at radius 1 is 1.38 bits per heavy atom. The van der Waals surface area contributed by atoms with Gasteiger partial charge in [0.15, 0.2) is 0 Å². The Morgan fingerprint density at radius 2 is 2.15 bits per heavy atom. The van der Waals surface area contributed by atoms with Crippen molar-refractivity contribution in [3.8, 4) is 0 Å². The lowest BCUT2D eigenvalue weighted by molar-refractivity contribution is -0.124. The normalized spacial score (nSPS) is 18.3. The SMILES string of the molecule is C\C=C/C(=C\C(=C/C)C(=N)c1cc(C)ccc1N)NC(=O)C1CCOC1. The van der Waals surface area contributed by atoms with E-state index in [9.17, 15) is 4.79 Å². The molecule has 1 unspecified atom stereocenters. The summed E-state index contributed by atoms with van der Waals surface area (Å²) in [6.07, 6.45) is 8.07.